The summed E-state index contributed by atoms with van der Waals surface area (Å²) in [7, 11) is 3.01. The molecular formula is C18H22N2O3. The van der Waals surface area contributed by atoms with Gasteiger partial charge in [0.05, 0.1) is 12.8 Å². The van der Waals surface area contributed by atoms with Crippen LogP contribution in [0.15, 0.2) is 42.5 Å². The van der Waals surface area contributed by atoms with Crippen LogP contribution >= 0.6 is 0 Å². The second-order valence-electron chi connectivity index (χ2n) is 5.22. The molecule has 0 aliphatic carbocycles. The van der Waals surface area contributed by atoms with Crippen LogP contribution in [-0.2, 0) is 11.4 Å². The van der Waals surface area contributed by atoms with Gasteiger partial charge in [0.1, 0.15) is 12.4 Å². The summed E-state index contributed by atoms with van der Waals surface area (Å²) in [6.07, 6.45) is 0. The number of carbonyl (C=O) groups excluding carboxylic acids is 1. The van der Waals surface area contributed by atoms with Crippen LogP contribution in [0.5, 0.6) is 5.75 Å². The fraction of sp³-hybridized carbons (Fsp3) is 0.278. The van der Waals surface area contributed by atoms with Gasteiger partial charge in [-0.25, -0.2) is 4.79 Å². The van der Waals surface area contributed by atoms with Crippen LogP contribution in [0.1, 0.15) is 16.7 Å². The molecule has 0 fully saturated rings. The van der Waals surface area contributed by atoms with E-state index in [0.29, 0.717) is 12.3 Å². The Morgan fingerprint density at radius 3 is 2.57 bits per heavy atom. The Balaban J connectivity index is 2.22. The van der Waals surface area contributed by atoms with Crippen molar-refractivity contribution in [2.45, 2.75) is 20.5 Å². The van der Waals surface area contributed by atoms with Crippen molar-refractivity contribution in [3.05, 3.63) is 59.2 Å². The Kier molecular flexibility index (Phi) is 5.60. The maximum absolute atomic E-state index is 11.9. The van der Waals surface area contributed by atoms with Crippen LogP contribution in [0, 0.1) is 13.8 Å². The number of ether oxygens (including phenoxy) is 1. The Labute approximate surface area is 136 Å². The molecule has 5 heteroatoms. The summed E-state index contributed by atoms with van der Waals surface area (Å²) < 4.78 is 5.91. The van der Waals surface area contributed by atoms with Crippen LogP contribution < -0.4 is 15.1 Å². The fourth-order valence-electron chi connectivity index (χ4n) is 2.34. The normalized spacial score (nSPS) is 10.3. The number of para-hydroxylation sites is 1. The number of rotatable bonds is 5. The molecule has 122 valence electrons. The minimum absolute atomic E-state index is 0.341. The fourth-order valence-corrected chi connectivity index (χ4v) is 2.34. The quantitative estimate of drug-likeness (QED) is 0.858. The Morgan fingerprint density at radius 1 is 1.17 bits per heavy atom. The first-order valence-electron chi connectivity index (χ1n) is 7.40. The number of aryl methyl sites for hydroxylation is 2. The molecule has 5 nitrogen and oxygen atoms in total. The summed E-state index contributed by atoms with van der Waals surface area (Å²) in [5.74, 6) is 0.828. The number of nitrogens with zero attached hydrogens (tertiary/aromatic N) is 1. The number of hydroxylamine groups is 1. The molecule has 2 rings (SSSR count). The molecule has 0 radical (unpaired) electrons. The second-order valence-corrected chi connectivity index (χ2v) is 5.22. The summed E-state index contributed by atoms with van der Waals surface area (Å²) >= 11 is 0. The number of hydrogen-bond acceptors (Lipinski definition) is 3. The van der Waals surface area contributed by atoms with Crippen molar-refractivity contribution in [1.82, 2.24) is 5.32 Å². The lowest BCUT2D eigenvalue weighted by molar-refractivity contribution is 0.163. The van der Waals surface area contributed by atoms with Crippen molar-refractivity contribution in [3.63, 3.8) is 0 Å². The van der Waals surface area contributed by atoms with Gasteiger partial charge in [0.2, 0.25) is 0 Å². The van der Waals surface area contributed by atoms with Gasteiger partial charge in [0.15, 0.2) is 0 Å². The first-order valence-corrected chi connectivity index (χ1v) is 7.40. The Morgan fingerprint density at radius 2 is 1.91 bits per heavy atom. The predicted molar refractivity (Wildman–Crippen MR) is 90.6 cm³/mol. The summed E-state index contributed by atoms with van der Waals surface area (Å²) in [5, 5.41) is 3.76. The van der Waals surface area contributed by atoms with Gasteiger partial charge in [-0.05, 0) is 31.5 Å². The van der Waals surface area contributed by atoms with Crippen LogP contribution in [0.2, 0.25) is 0 Å². The maximum atomic E-state index is 11.9. The lowest BCUT2D eigenvalue weighted by Crippen LogP contribution is -2.37. The van der Waals surface area contributed by atoms with E-state index in [1.807, 2.05) is 50.2 Å². The van der Waals surface area contributed by atoms with E-state index in [0.717, 1.165) is 16.9 Å². The molecular weight excluding hydrogens is 292 g/mol. The molecule has 23 heavy (non-hydrogen) atoms. The highest BCUT2D eigenvalue weighted by Crippen LogP contribution is 2.24. The molecule has 0 atom stereocenters. The molecule has 2 amide bonds. The van der Waals surface area contributed by atoms with Crippen molar-refractivity contribution in [1.29, 1.82) is 0 Å². The van der Waals surface area contributed by atoms with Crippen LogP contribution in [0.3, 0.4) is 0 Å². The van der Waals surface area contributed by atoms with Crippen molar-refractivity contribution < 1.29 is 14.4 Å². The monoisotopic (exact) mass is 314 g/mol. The molecule has 1 N–H and O–H groups in total. The van der Waals surface area contributed by atoms with E-state index in [1.54, 1.807) is 7.05 Å². The lowest BCUT2D eigenvalue weighted by atomic mass is 10.1. The molecule has 2 aromatic rings. The zero-order valence-electron chi connectivity index (χ0n) is 13.9. The SMILES string of the molecule is CNC(=O)N(OC)c1ccccc1COc1ccc(C)cc1C. The number of carbonyl (C=O) groups is 1. The number of amides is 2. The van der Waals surface area contributed by atoms with Gasteiger partial charge in [-0.2, -0.15) is 5.06 Å². The molecule has 0 spiro atoms. The largest absolute Gasteiger partial charge is 0.489 e. The summed E-state index contributed by atoms with van der Waals surface area (Å²) in [6.45, 7) is 4.41. The Bertz CT molecular complexity index is 686. The highest BCUT2D eigenvalue weighted by atomic mass is 16.7. The summed E-state index contributed by atoms with van der Waals surface area (Å²) in [6, 6.07) is 13.2. The van der Waals surface area contributed by atoms with E-state index >= 15 is 0 Å². The Hall–Kier alpha value is -2.53. The van der Waals surface area contributed by atoms with Gasteiger partial charge < -0.3 is 10.1 Å². The van der Waals surface area contributed by atoms with E-state index in [9.17, 15) is 4.79 Å². The average Bonchev–Trinajstić information content (AvgIpc) is 2.55. The molecule has 0 aliphatic rings. The number of urea groups is 1. The highest BCUT2D eigenvalue weighted by Gasteiger charge is 2.17. The van der Waals surface area contributed by atoms with E-state index in [-0.39, 0.29) is 6.03 Å². The first kappa shape index (κ1) is 16.8. The molecule has 0 bridgehead atoms. The van der Waals surface area contributed by atoms with Gasteiger partial charge in [0, 0.05) is 12.6 Å². The third-order valence-corrected chi connectivity index (χ3v) is 3.50. The van der Waals surface area contributed by atoms with Crippen LogP contribution in [-0.4, -0.2) is 20.2 Å². The molecule has 0 heterocycles. The molecule has 0 saturated heterocycles. The van der Waals surface area contributed by atoms with Gasteiger partial charge in [-0.1, -0.05) is 35.9 Å². The van der Waals surface area contributed by atoms with E-state index in [1.165, 1.54) is 17.7 Å². The molecule has 0 aliphatic heterocycles. The van der Waals surface area contributed by atoms with Gasteiger partial charge in [-0.3, -0.25) is 4.84 Å². The molecule has 0 unspecified atom stereocenters. The second kappa shape index (κ2) is 7.65. The van der Waals surface area contributed by atoms with Crippen molar-refractivity contribution in [3.8, 4) is 5.75 Å². The average molecular weight is 314 g/mol. The molecule has 2 aromatic carbocycles. The van der Waals surface area contributed by atoms with Crippen molar-refractivity contribution in [2.24, 2.45) is 0 Å². The standard InChI is InChI=1S/C18H22N2O3/c1-13-9-10-17(14(2)11-13)23-12-15-7-5-6-8-16(15)20(22-4)18(21)19-3/h5-11H,12H2,1-4H3,(H,19,21). The third-order valence-electron chi connectivity index (χ3n) is 3.50. The predicted octanol–water partition coefficient (Wildman–Crippen LogP) is 3.59. The summed E-state index contributed by atoms with van der Waals surface area (Å²) in [4.78, 5) is 17.1. The number of hydrogen-bond donors (Lipinski definition) is 1. The zero-order chi connectivity index (χ0) is 16.8. The van der Waals surface area contributed by atoms with Crippen molar-refractivity contribution >= 4 is 11.7 Å². The van der Waals surface area contributed by atoms with Crippen LogP contribution in [0.4, 0.5) is 10.5 Å². The van der Waals surface area contributed by atoms with Crippen molar-refractivity contribution in [2.75, 3.05) is 19.2 Å². The number of benzene rings is 2. The minimum Gasteiger partial charge on any atom is -0.489 e. The van der Waals surface area contributed by atoms with E-state index in [4.69, 9.17) is 9.57 Å². The number of nitrogens with one attached hydrogen (secondary N) is 1. The van der Waals surface area contributed by atoms with Gasteiger partial charge >= 0.3 is 6.03 Å². The van der Waals surface area contributed by atoms with Gasteiger partial charge in [0.25, 0.3) is 0 Å². The van der Waals surface area contributed by atoms with Gasteiger partial charge in [-0.15, -0.1) is 0 Å². The number of anilines is 1. The highest BCUT2D eigenvalue weighted by molar-refractivity contribution is 5.90. The topological polar surface area (TPSA) is 50.8 Å². The van der Waals surface area contributed by atoms with Crippen LogP contribution in [0.25, 0.3) is 0 Å². The van der Waals surface area contributed by atoms with E-state index < -0.39 is 0 Å². The molecule has 0 aromatic heterocycles. The zero-order valence-corrected chi connectivity index (χ0v) is 13.9. The summed E-state index contributed by atoms with van der Waals surface area (Å²) in [5.41, 5.74) is 3.79. The van der Waals surface area contributed by atoms with E-state index in [2.05, 4.69) is 11.4 Å². The minimum atomic E-state index is -0.341. The third kappa shape index (κ3) is 4.02. The maximum Gasteiger partial charge on any atom is 0.345 e. The molecule has 0 saturated carbocycles. The first-order chi connectivity index (χ1) is 11.1. The lowest BCUT2D eigenvalue weighted by Gasteiger charge is -2.22. The smallest absolute Gasteiger partial charge is 0.345 e.